The Morgan fingerprint density at radius 1 is 1.00 bits per heavy atom. The molecule has 0 saturated carbocycles. The standard InChI is InChI=1S/C17H28OS/c1-3-4-5-6-7-8-9-15(2)14-18-16-10-12-17(19)13-11-16/h10-13,15,19H,3-9,14H2,1-2H3. The molecule has 0 saturated heterocycles. The normalized spacial score (nSPS) is 12.4. The molecule has 1 nitrogen and oxygen atoms in total. The first-order valence-corrected chi connectivity index (χ1v) is 8.09. The summed E-state index contributed by atoms with van der Waals surface area (Å²) in [4.78, 5) is 0.979. The van der Waals surface area contributed by atoms with Crippen LogP contribution < -0.4 is 4.74 Å². The van der Waals surface area contributed by atoms with Gasteiger partial charge in [-0.2, -0.15) is 0 Å². The molecule has 1 atom stereocenters. The van der Waals surface area contributed by atoms with Crippen molar-refractivity contribution in [3.05, 3.63) is 24.3 Å². The molecule has 0 aliphatic heterocycles. The summed E-state index contributed by atoms with van der Waals surface area (Å²) in [6.45, 7) is 5.36. The monoisotopic (exact) mass is 280 g/mol. The summed E-state index contributed by atoms with van der Waals surface area (Å²) in [5.74, 6) is 1.59. The van der Waals surface area contributed by atoms with Crippen LogP contribution in [0.4, 0.5) is 0 Å². The lowest BCUT2D eigenvalue weighted by molar-refractivity contribution is 0.248. The number of benzene rings is 1. The Kier molecular flexibility index (Phi) is 8.81. The van der Waals surface area contributed by atoms with Crippen molar-refractivity contribution in [2.45, 2.75) is 63.7 Å². The molecule has 0 bridgehead atoms. The molecule has 19 heavy (non-hydrogen) atoms. The Labute approximate surface area is 124 Å². The number of hydrogen-bond acceptors (Lipinski definition) is 2. The van der Waals surface area contributed by atoms with Crippen molar-refractivity contribution in [3.8, 4) is 5.75 Å². The second kappa shape index (κ2) is 10.2. The number of thiol groups is 1. The topological polar surface area (TPSA) is 9.23 Å². The van der Waals surface area contributed by atoms with Crippen LogP contribution in [0.5, 0.6) is 5.75 Å². The van der Waals surface area contributed by atoms with Crippen molar-refractivity contribution in [3.63, 3.8) is 0 Å². The molecular weight excluding hydrogens is 252 g/mol. The lowest BCUT2D eigenvalue weighted by atomic mass is 10.0. The van der Waals surface area contributed by atoms with Crippen LogP contribution in [0, 0.1) is 5.92 Å². The van der Waals surface area contributed by atoms with Crippen molar-refractivity contribution >= 4 is 12.6 Å². The average Bonchev–Trinajstić information content (AvgIpc) is 2.42. The summed E-state index contributed by atoms with van der Waals surface area (Å²) in [5, 5.41) is 0. The van der Waals surface area contributed by atoms with Gasteiger partial charge in [0.1, 0.15) is 5.75 Å². The fraction of sp³-hybridized carbons (Fsp3) is 0.647. The van der Waals surface area contributed by atoms with E-state index in [1.807, 2.05) is 24.3 Å². The van der Waals surface area contributed by atoms with Gasteiger partial charge < -0.3 is 4.74 Å². The molecular formula is C17H28OS. The zero-order valence-corrected chi connectivity index (χ0v) is 13.3. The van der Waals surface area contributed by atoms with Gasteiger partial charge in [0.15, 0.2) is 0 Å². The van der Waals surface area contributed by atoms with Crippen molar-refractivity contribution in [1.82, 2.24) is 0 Å². The molecule has 0 aliphatic rings. The van der Waals surface area contributed by atoms with Gasteiger partial charge in [-0.3, -0.25) is 0 Å². The van der Waals surface area contributed by atoms with E-state index in [2.05, 4.69) is 26.5 Å². The zero-order chi connectivity index (χ0) is 13.9. The van der Waals surface area contributed by atoms with Crippen LogP contribution in [0.1, 0.15) is 58.8 Å². The fourth-order valence-corrected chi connectivity index (χ4v) is 2.29. The highest BCUT2D eigenvalue weighted by Crippen LogP contribution is 2.17. The highest BCUT2D eigenvalue weighted by molar-refractivity contribution is 7.80. The van der Waals surface area contributed by atoms with Crippen LogP contribution in [0.15, 0.2) is 29.2 Å². The van der Waals surface area contributed by atoms with Crippen LogP contribution >= 0.6 is 12.6 Å². The van der Waals surface area contributed by atoms with E-state index >= 15 is 0 Å². The first-order valence-electron chi connectivity index (χ1n) is 7.64. The van der Waals surface area contributed by atoms with E-state index in [0.717, 1.165) is 17.3 Å². The van der Waals surface area contributed by atoms with Gasteiger partial charge in [-0.25, -0.2) is 0 Å². The molecule has 108 valence electrons. The predicted octanol–water partition coefficient (Wildman–Crippen LogP) is 5.74. The summed E-state index contributed by atoms with van der Waals surface area (Å²) in [6.07, 6.45) is 9.50. The van der Waals surface area contributed by atoms with E-state index in [9.17, 15) is 0 Å². The maximum absolute atomic E-state index is 5.78. The van der Waals surface area contributed by atoms with Gasteiger partial charge in [0.2, 0.25) is 0 Å². The Morgan fingerprint density at radius 3 is 2.32 bits per heavy atom. The van der Waals surface area contributed by atoms with Crippen molar-refractivity contribution in [2.75, 3.05) is 6.61 Å². The number of rotatable bonds is 10. The SMILES string of the molecule is CCCCCCCCC(C)COc1ccc(S)cc1. The second-order valence-electron chi connectivity index (χ2n) is 5.47. The lowest BCUT2D eigenvalue weighted by Crippen LogP contribution is -2.08. The van der Waals surface area contributed by atoms with Gasteiger partial charge in [-0.05, 0) is 36.6 Å². The first kappa shape index (κ1) is 16.4. The van der Waals surface area contributed by atoms with Crippen molar-refractivity contribution in [1.29, 1.82) is 0 Å². The maximum Gasteiger partial charge on any atom is 0.119 e. The summed E-state index contributed by atoms with van der Waals surface area (Å²) < 4.78 is 5.78. The van der Waals surface area contributed by atoms with Crippen molar-refractivity contribution < 1.29 is 4.74 Å². The molecule has 0 spiro atoms. The molecule has 1 rings (SSSR count). The van der Waals surface area contributed by atoms with Gasteiger partial charge >= 0.3 is 0 Å². The van der Waals surface area contributed by atoms with Gasteiger partial charge in [0.05, 0.1) is 6.61 Å². The van der Waals surface area contributed by atoms with E-state index in [1.54, 1.807) is 0 Å². The predicted molar refractivity (Wildman–Crippen MR) is 86.3 cm³/mol. The number of hydrogen-bond donors (Lipinski definition) is 1. The highest BCUT2D eigenvalue weighted by atomic mass is 32.1. The molecule has 1 unspecified atom stereocenters. The molecule has 0 amide bonds. The smallest absolute Gasteiger partial charge is 0.119 e. The largest absolute Gasteiger partial charge is 0.493 e. The first-order chi connectivity index (χ1) is 9.22. The van der Waals surface area contributed by atoms with E-state index in [-0.39, 0.29) is 0 Å². The second-order valence-corrected chi connectivity index (χ2v) is 5.98. The molecule has 0 N–H and O–H groups in total. The minimum Gasteiger partial charge on any atom is -0.493 e. The third-order valence-electron chi connectivity index (χ3n) is 3.42. The molecule has 1 aromatic carbocycles. The summed E-state index contributed by atoms with van der Waals surface area (Å²) >= 11 is 4.27. The number of unbranched alkanes of at least 4 members (excludes halogenated alkanes) is 5. The van der Waals surface area contributed by atoms with Crippen LogP contribution in [0.2, 0.25) is 0 Å². The van der Waals surface area contributed by atoms with Crippen LogP contribution in [-0.2, 0) is 0 Å². The van der Waals surface area contributed by atoms with Gasteiger partial charge in [-0.15, -0.1) is 12.6 Å². The highest BCUT2D eigenvalue weighted by Gasteiger charge is 2.03. The van der Waals surface area contributed by atoms with E-state index < -0.39 is 0 Å². The summed E-state index contributed by atoms with van der Waals surface area (Å²) in [5.41, 5.74) is 0. The van der Waals surface area contributed by atoms with Crippen LogP contribution in [0.25, 0.3) is 0 Å². The lowest BCUT2D eigenvalue weighted by Gasteiger charge is -2.13. The summed E-state index contributed by atoms with van der Waals surface area (Å²) in [6, 6.07) is 7.91. The van der Waals surface area contributed by atoms with Crippen LogP contribution in [0.3, 0.4) is 0 Å². The third kappa shape index (κ3) is 8.20. The van der Waals surface area contributed by atoms with E-state index in [4.69, 9.17) is 4.74 Å². The molecule has 0 fully saturated rings. The van der Waals surface area contributed by atoms with Crippen molar-refractivity contribution in [2.24, 2.45) is 5.92 Å². The Morgan fingerprint density at radius 2 is 1.63 bits per heavy atom. The average molecular weight is 280 g/mol. The van der Waals surface area contributed by atoms with Gasteiger partial charge in [0.25, 0.3) is 0 Å². The zero-order valence-electron chi connectivity index (χ0n) is 12.4. The Bertz CT molecular complexity index is 321. The fourth-order valence-electron chi connectivity index (χ4n) is 2.14. The third-order valence-corrected chi connectivity index (χ3v) is 3.72. The van der Waals surface area contributed by atoms with Gasteiger partial charge in [0, 0.05) is 4.90 Å². The molecule has 0 aromatic heterocycles. The number of ether oxygens (including phenoxy) is 1. The summed E-state index contributed by atoms with van der Waals surface area (Å²) in [7, 11) is 0. The Hall–Kier alpha value is -0.630. The molecule has 0 aliphatic carbocycles. The molecule has 0 heterocycles. The minimum atomic E-state index is 0.641. The maximum atomic E-state index is 5.78. The van der Waals surface area contributed by atoms with E-state index in [1.165, 1.54) is 44.9 Å². The molecule has 2 heteroatoms. The minimum absolute atomic E-state index is 0.641. The molecule has 0 radical (unpaired) electrons. The molecule has 1 aromatic rings. The quantitative estimate of drug-likeness (QED) is 0.424. The Balaban J connectivity index is 2.04. The van der Waals surface area contributed by atoms with Gasteiger partial charge in [-0.1, -0.05) is 52.4 Å². The van der Waals surface area contributed by atoms with Crippen LogP contribution in [-0.4, -0.2) is 6.61 Å². The van der Waals surface area contributed by atoms with E-state index in [0.29, 0.717) is 5.92 Å².